The molecule has 0 radical (unpaired) electrons. The van der Waals surface area contributed by atoms with Crippen molar-refractivity contribution in [3.63, 3.8) is 0 Å². The van der Waals surface area contributed by atoms with Crippen molar-refractivity contribution in [3.05, 3.63) is 101 Å². The number of hydrogen-bond acceptors (Lipinski definition) is 4. The number of H-pyrrole nitrogens is 1. The minimum atomic E-state index is -0.986. The third-order valence-electron chi connectivity index (χ3n) is 6.01. The number of aromatic nitrogens is 2. The van der Waals surface area contributed by atoms with Gasteiger partial charge in [-0.1, -0.05) is 49.4 Å². The zero-order chi connectivity index (χ0) is 26.2. The molecule has 0 saturated heterocycles. The van der Waals surface area contributed by atoms with Gasteiger partial charge in [-0.05, 0) is 76.6 Å². The molecule has 0 saturated carbocycles. The maximum Gasteiger partial charge on any atom is 0.328 e. The first-order valence-corrected chi connectivity index (χ1v) is 12.1. The fourth-order valence-electron chi connectivity index (χ4n) is 4.23. The molecule has 1 aromatic heterocycles. The highest BCUT2D eigenvalue weighted by molar-refractivity contribution is 6.00. The van der Waals surface area contributed by atoms with Crippen LogP contribution < -0.4 is 4.74 Å². The first kappa shape index (κ1) is 25.4. The van der Waals surface area contributed by atoms with Gasteiger partial charge in [0, 0.05) is 17.9 Å². The number of ether oxygens (including phenoxy) is 1. The molecule has 3 N–H and O–H groups in total. The highest BCUT2D eigenvalue weighted by Gasteiger charge is 2.14. The summed E-state index contributed by atoms with van der Waals surface area (Å²) in [5.41, 5.74) is 7.11. The maximum absolute atomic E-state index is 10.9. The summed E-state index contributed by atoms with van der Waals surface area (Å²) in [6.45, 7) is 2.47. The van der Waals surface area contributed by atoms with Gasteiger partial charge in [-0.25, -0.2) is 4.79 Å². The van der Waals surface area contributed by atoms with Crippen LogP contribution in [0.15, 0.2) is 79.0 Å². The summed E-state index contributed by atoms with van der Waals surface area (Å²) in [7, 11) is 0. The summed E-state index contributed by atoms with van der Waals surface area (Å²) in [4.78, 5) is 21.6. The number of rotatable bonds is 11. The third kappa shape index (κ3) is 6.52. The zero-order valence-corrected chi connectivity index (χ0v) is 20.5. The summed E-state index contributed by atoms with van der Waals surface area (Å²) < 4.78 is 5.71. The highest BCUT2D eigenvalue weighted by Crippen LogP contribution is 2.36. The number of nitrogens with one attached hydrogen (secondary N) is 1. The van der Waals surface area contributed by atoms with Crippen molar-refractivity contribution in [2.45, 2.75) is 26.2 Å². The number of fused-ring (bicyclic) bond motifs is 1. The summed E-state index contributed by atoms with van der Waals surface area (Å²) in [6, 6.07) is 21.9. The molecular formula is C30H28N2O5. The summed E-state index contributed by atoms with van der Waals surface area (Å²) in [5.74, 6) is -1.12. The molecule has 188 valence electrons. The third-order valence-corrected chi connectivity index (χ3v) is 6.01. The van der Waals surface area contributed by atoms with Gasteiger partial charge in [0.05, 0.1) is 18.3 Å². The molecule has 0 amide bonds. The van der Waals surface area contributed by atoms with Crippen molar-refractivity contribution >= 4 is 40.1 Å². The number of aromatic amines is 1. The fourth-order valence-corrected chi connectivity index (χ4v) is 4.23. The van der Waals surface area contributed by atoms with Gasteiger partial charge < -0.3 is 14.9 Å². The molecular weight excluding hydrogens is 468 g/mol. The Morgan fingerprint density at radius 2 is 1.65 bits per heavy atom. The minimum absolute atomic E-state index is 0.0794. The average molecular weight is 497 g/mol. The predicted octanol–water partition coefficient (Wildman–Crippen LogP) is 6.27. The highest BCUT2D eigenvalue weighted by atomic mass is 16.5. The SMILES string of the molecule is CCC(=C(c1ccc(C=CC(=O)O)cc1)c1ccc2[nH]ncc2c1)c1ccc(OCCCC(=O)O)cc1. The van der Waals surface area contributed by atoms with E-state index in [2.05, 4.69) is 29.3 Å². The Bertz CT molecular complexity index is 1450. The molecule has 0 bridgehead atoms. The van der Waals surface area contributed by atoms with E-state index in [1.807, 2.05) is 54.6 Å². The molecule has 0 fully saturated rings. The van der Waals surface area contributed by atoms with Gasteiger partial charge in [0.25, 0.3) is 0 Å². The quantitative estimate of drug-likeness (QED) is 0.128. The van der Waals surface area contributed by atoms with E-state index >= 15 is 0 Å². The number of carbonyl (C=O) groups is 2. The van der Waals surface area contributed by atoms with Crippen LogP contribution in [0.1, 0.15) is 48.4 Å². The van der Waals surface area contributed by atoms with E-state index in [1.54, 1.807) is 12.3 Å². The molecule has 3 aromatic carbocycles. The van der Waals surface area contributed by atoms with Crippen LogP contribution in [0.2, 0.25) is 0 Å². The van der Waals surface area contributed by atoms with E-state index in [9.17, 15) is 9.59 Å². The molecule has 0 spiro atoms. The van der Waals surface area contributed by atoms with Crippen LogP contribution in [0.25, 0.3) is 28.1 Å². The normalized spacial score (nSPS) is 12.0. The predicted molar refractivity (Wildman–Crippen MR) is 144 cm³/mol. The number of carboxylic acids is 2. The summed E-state index contributed by atoms with van der Waals surface area (Å²) in [5, 5.41) is 25.9. The lowest BCUT2D eigenvalue weighted by Crippen LogP contribution is -2.02. The number of hydrogen-bond donors (Lipinski definition) is 3. The Morgan fingerprint density at radius 3 is 2.32 bits per heavy atom. The molecule has 0 aliphatic rings. The van der Waals surface area contributed by atoms with Gasteiger partial charge in [0.1, 0.15) is 5.75 Å². The lowest BCUT2D eigenvalue weighted by Gasteiger charge is -2.17. The number of benzene rings is 3. The number of nitrogens with zero attached hydrogens (tertiary/aromatic N) is 1. The lowest BCUT2D eigenvalue weighted by atomic mass is 9.87. The number of allylic oxidation sites excluding steroid dienone is 1. The summed E-state index contributed by atoms with van der Waals surface area (Å²) in [6.07, 6.45) is 5.81. The maximum atomic E-state index is 10.9. The molecule has 4 aromatic rings. The van der Waals surface area contributed by atoms with E-state index in [-0.39, 0.29) is 6.42 Å². The Kier molecular flexibility index (Phi) is 8.15. The Hall–Kier alpha value is -4.65. The van der Waals surface area contributed by atoms with Crippen molar-refractivity contribution in [2.75, 3.05) is 6.61 Å². The zero-order valence-electron chi connectivity index (χ0n) is 20.5. The molecule has 0 atom stereocenters. The van der Waals surface area contributed by atoms with Crippen LogP contribution in [0, 0.1) is 0 Å². The van der Waals surface area contributed by atoms with Crippen molar-refractivity contribution in [1.82, 2.24) is 10.2 Å². The van der Waals surface area contributed by atoms with Crippen LogP contribution in [0.5, 0.6) is 5.75 Å². The van der Waals surface area contributed by atoms with E-state index in [1.165, 1.54) is 0 Å². The topological polar surface area (TPSA) is 113 Å². The van der Waals surface area contributed by atoms with E-state index < -0.39 is 11.9 Å². The van der Waals surface area contributed by atoms with Crippen LogP contribution in [0.4, 0.5) is 0 Å². The second-order valence-electron chi connectivity index (χ2n) is 8.54. The van der Waals surface area contributed by atoms with Crippen LogP contribution in [0.3, 0.4) is 0 Å². The van der Waals surface area contributed by atoms with Crippen molar-refractivity contribution in [3.8, 4) is 5.75 Å². The molecule has 4 rings (SSSR count). The first-order chi connectivity index (χ1) is 17.9. The number of carboxylic acid groups (broad SMARTS) is 2. The molecule has 1 heterocycles. The minimum Gasteiger partial charge on any atom is -0.494 e. The lowest BCUT2D eigenvalue weighted by molar-refractivity contribution is -0.137. The van der Waals surface area contributed by atoms with Gasteiger partial charge in [-0.15, -0.1) is 0 Å². The van der Waals surface area contributed by atoms with Crippen molar-refractivity contribution in [2.24, 2.45) is 0 Å². The molecule has 7 nitrogen and oxygen atoms in total. The molecule has 0 unspecified atom stereocenters. The van der Waals surface area contributed by atoms with Crippen LogP contribution in [-0.2, 0) is 9.59 Å². The molecule has 7 heteroatoms. The first-order valence-electron chi connectivity index (χ1n) is 12.1. The molecule has 0 aliphatic heterocycles. The van der Waals surface area contributed by atoms with Gasteiger partial charge >= 0.3 is 11.9 Å². The van der Waals surface area contributed by atoms with Crippen molar-refractivity contribution < 1.29 is 24.5 Å². The largest absolute Gasteiger partial charge is 0.494 e. The second-order valence-corrected chi connectivity index (χ2v) is 8.54. The average Bonchev–Trinajstić information content (AvgIpc) is 3.37. The van der Waals surface area contributed by atoms with E-state index in [0.717, 1.165) is 56.8 Å². The molecule has 0 aliphatic carbocycles. The Balaban J connectivity index is 1.73. The van der Waals surface area contributed by atoms with Gasteiger partial charge in [-0.3, -0.25) is 9.89 Å². The monoisotopic (exact) mass is 496 g/mol. The molecule has 37 heavy (non-hydrogen) atoms. The van der Waals surface area contributed by atoms with Gasteiger partial charge in [-0.2, -0.15) is 5.10 Å². The van der Waals surface area contributed by atoms with Crippen molar-refractivity contribution in [1.29, 1.82) is 0 Å². The van der Waals surface area contributed by atoms with E-state index in [4.69, 9.17) is 14.9 Å². The van der Waals surface area contributed by atoms with Crippen LogP contribution in [-0.4, -0.2) is 39.0 Å². The van der Waals surface area contributed by atoms with E-state index in [0.29, 0.717) is 18.8 Å². The van der Waals surface area contributed by atoms with Gasteiger partial charge in [0.2, 0.25) is 0 Å². The summed E-state index contributed by atoms with van der Waals surface area (Å²) >= 11 is 0. The Labute approximate surface area is 214 Å². The smallest absolute Gasteiger partial charge is 0.328 e. The fraction of sp³-hybridized carbons (Fsp3) is 0.167. The Morgan fingerprint density at radius 1 is 0.946 bits per heavy atom. The number of aliphatic carboxylic acids is 2. The van der Waals surface area contributed by atoms with Crippen LogP contribution >= 0.6 is 0 Å². The standard InChI is InChI=1S/C30H28N2O5/c1-2-26(21-10-13-25(14-11-21)37-17-3-4-28(33)34)30(23-12-15-27-24(18-23)19-31-32-27)22-8-5-20(6-9-22)7-16-29(35)36/h5-16,18-19H,2-4,17H2,1H3,(H,31,32)(H,33,34)(H,35,36). The second kappa shape index (κ2) is 11.9. The van der Waals surface area contributed by atoms with Gasteiger partial charge in [0.15, 0.2) is 0 Å².